The van der Waals surface area contributed by atoms with Crippen LogP contribution in [0.4, 0.5) is 0 Å². The van der Waals surface area contributed by atoms with Gasteiger partial charge < -0.3 is 4.90 Å². The van der Waals surface area contributed by atoms with E-state index < -0.39 is 0 Å². The van der Waals surface area contributed by atoms with Gasteiger partial charge in [0.25, 0.3) is 5.91 Å². The Morgan fingerprint density at radius 3 is 2.56 bits per heavy atom. The van der Waals surface area contributed by atoms with Crippen LogP contribution in [-0.2, 0) is 0 Å². The quantitative estimate of drug-likeness (QED) is 0.578. The molecule has 0 heterocycles. The average molecular weight is 442 g/mol. The van der Waals surface area contributed by atoms with Crippen molar-refractivity contribution in [2.75, 3.05) is 18.4 Å². The third-order valence-corrected chi connectivity index (χ3v) is 4.09. The highest BCUT2D eigenvalue weighted by Crippen LogP contribution is 2.23. The first-order valence-corrected chi connectivity index (χ1v) is 8.61. The molecule has 0 saturated heterocycles. The van der Waals surface area contributed by atoms with Gasteiger partial charge in [-0.3, -0.25) is 4.79 Å². The molecule has 0 atom stereocenters. The topological polar surface area (TPSA) is 20.3 Å². The fourth-order valence-corrected chi connectivity index (χ4v) is 3.24. The van der Waals surface area contributed by atoms with Gasteiger partial charge in [-0.1, -0.05) is 45.2 Å². The number of amides is 1. The average Bonchev–Trinajstić information content (AvgIpc) is 2.33. The minimum absolute atomic E-state index is 0.0854. The van der Waals surface area contributed by atoms with Crippen molar-refractivity contribution in [3.63, 3.8) is 0 Å². The largest absolute Gasteiger partial charge is 0.338 e. The van der Waals surface area contributed by atoms with Gasteiger partial charge in [0, 0.05) is 27.4 Å². The number of carbonyl (C=O) groups is 1. The normalized spacial score (nSPS) is 10.4. The third kappa shape index (κ3) is 4.67. The second kappa shape index (κ2) is 8.33. The Morgan fingerprint density at radius 2 is 2.00 bits per heavy atom. The minimum Gasteiger partial charge on any atom is -0.338 e. The van der Waals surface area contributed by atoms with Crippen LogP contribution in [-0.4, -0.2) is 29.2 Å². The second-order valence-electron chi connectivity index (χ2n) is 3.96. The van der Waals surface area contributed by atoms with Crippen LogP contribution in [0.1, 0.15) is 30.1 Å². The molecule has 1 aromatic rings. The lowest BCUT2D eigenvalue weighted by Gasteiger charge is -2.22. The maximum atomic E-state index is 12.4. The van der Waals surface area contributed by atoms with Gasteiger partial charge in [0.05, 0.1) is 5.56 Å². The first-order valence-electron chi connectivity index (χ1n) is 5.90. The van der Waals surface area contributed by atoms with E-state index in [0.717, 1.165) is 45.8 Å². The van der Waals surface area contributed by atoms with Gasteiger partial charge in [-0.2, -0.15) is 0 Å². The molecule has 0 bridgehead atoms. The zero-order valence-electron chi connectivity index (χ0n) is 10.3. The van der Waals surface area contributed by atoms with Gasteiger partial charge in [-0.25, -0.2) is 0 Å². The molecule has 0 spiro atoms. The lowest BCUT2D eigenvalue weighted by Crippen LogP contribution is -2.33. The lowest BCUT2D eigenvalue weighted by atomic mass is 10.2. The van der Waals surface area contributed by atoms with Crippen molar-refractivity contribution >= 4 is 53.7 Å². The zero-order valence-corrected chi connectivity index (χ0v) is 15.0. The maximum Gasteiger partial charge on any atom is 0.255 e. The number of alkyl halides is 1. The molecule has 0 N–H and O–H groups in total. The van der Waals surface area contributed by atoms with Crippen LogP contribution in [0.3, 0.4) is 0 Å². The smallest absolute Gasteiger partial charge is 0.255 e. The van der Waals surface area contributed by atoms with E-state index in [2.05, 4.69) is 54.7 Å². The molecule has 0 aromatic heterocycles. The summed E-state index contributed by atoms with van der Waals surface area (Å²) < 4.78 is 1.80. The van der Waals surface area contributed by atoms with E-state index in [1.807, 2.05) is 23.1 Å². The molecular weight excluding hydrogens is 426 g/mol. The van der Waals surface area contributed by atoms with Crippen molar-refractivity contribution < 1.29 is 4.79 Å². The van der Waals surface area contributed by atoms with Gasteiger partial charge >= 0.3 is 0 Å². The molecule has 0 unspecified atom stereocenters. The maximum absolute atomic E-state index is 12.4. The summed E-state index contributed by atoms with van der Waals surface area (Å²) in [5, 5.41) is 0.802. The molecule has 18 heavy (non-hydrogen) atoms. The van der Waals surface area contributed by atoms with E-state index >= 15 is 0 Å². The van der Waals surface area contributed by atoms with E-state index in [9.17, 15) is 4.79 Å². The summed E-state index contributed by atoms with van der Waals surface area (Å²) in [7, 11) is 0. The van der Waals surface area contributed by atoms with E-state index in [4.69, 9.17) is 0 Å². The number of carbonyl (C=O) groups excluding carboxylic acids is 1. The molecule has 0 aliphatic heterocycles. The molecule has 0 aliphatic carbocycles. The third-order valence-electron chi connectivity index (χ3n) is 2.58. The number of unbranched alkanes of at least 4 members (excludes halogenated alkanes) is 1. The van der Waals surface area contributed by atoms with Crippen LogP contribution in [0.15, 0.2) is 27.1 Å². The predicted octanol–water partition coefficient (Wildman–Crippen LogP) is 4.85. The molecule has 5 heteroatoms. The number of benzene rings is 1. The van der Waals surface area contributed by atoms with Gasteiger partial charge in [-0.05, 0) is 40.5 Å². The molecular formula is C13H16Br3NO. The number of hydrogen-bond acceptors (Lipinski definition) is 1. The van der Waals surface area contributed by atoms with Gasteiger partial charge in [0.2, 0.25) is 0 Å². The van der Waals surface area contributed by atoms with Crippen molar-refractivity contribution in [3.05, 3.63) is 32.7 Å². The Balaban J connectivity index is 2.87. The first-order chi connectivity index (χ1) is 8.60. The van der Waals surface area contributed by atoms with Crippen molar-refractivity contribution in [2.45, 2.75) is 19.8 Å². The monoisotopic (exact) mass is 439 g/mol. The van der Waals surface area contributed by atoms with E-state index in [1.165, 1.54) is 0 Å². The molecule has 100 valence electrons. The highest BCUT2D eigenvalue weighted by atomic mass is 79.9. The van der Waals surface area contributed by atoms with Crippen molar-refractivity contribution in [1.82, 2.24) is 4.90 Å². The Morgan fingerprint density at radius 1 is 1.28 bits per heavy atom. The van der Waals surface area contributed by atoms with Gasteiger partial charge in [0.1, 0.15) is 0 Å². The summed E-state index contributed by atoms with van der Waals surface area (Å²) in [5.74, 6) is 0.0854. The zero-order chi connectivity index (χ0) is 13.5. The van der Waals surface area contributed by atoms with Crippen LogP contribution in [0.25, 0.3) is 0 Å². The first kappa shape index (κ1) is 16.2. The number of halogens is 3. The highest BCUT2D eigenvalue weighted by Gasteiger charge is 2.17. The molecule has 1 rings (SSSR count). The second-order valence-corrected chi connectivity index (χ2v) is 6.52. The van der Waals surface area contributed by atoms with Crippen LogP contribution in [0, 0.1) is 0 Å². The Labute approximate surface area is 134 Å². The molecule has 0 saturated carbocycles. The molecule has 0 fully saturated rings. The SMILES string of the molecule is CCCCN(CCBr)C(=O)c1ccc(Br)cc1Br. The van der Waals surface area contributed by atoms with Gasteiger partial charge in [-0.15, -0.1) is 0 Å². The van der Waals surface area contributed by atoms with Crippen molar-refractivity contribution in [2.24, 2.45) is 0 Å². The fraction of sp³-hybridized carbons (Fsp3) is 0.462. The van der Waals surface area contributed by atoms with Crippen LogP contribution >= 0.6 is 47.8 Å². The van der Waals surface area contributed by atoms with Crippen molar-refractivity contribution in [1.29, 1.82) is 0 Å². The summed E-state index contributed by atoms with van der Waals surface area (Å²) in [6, 6.07) is 5.65. The highest BCUT2D eigenvalue weighted by molar-refractivity contribution is 9.11. The number of nitrogens with zero attached hydrogens (tertiary/aromatic N) is 1. The Bertz CT molecular complexity index is 409. The molecule has 0 aliphatic rings. The fourth-order valence-electron chi connectivity index (χ4n) is 1.60. The van der Waals surface area contributed by atoms with Crippen molar-refractivity contribution in [3.8, 4) is 0 Å². The summed E-state index contributed by atoms with van der Waals surface area (Å²) >= 11 is 10.2. The van der Waals surface area contributed by atoms with E-state index in [1.54, 1.807) is 0 Å². The number of hydrogen-bond donors (Lipinski definition) is 0. The summed E-state index contributed by atoms with van der Waals surface area (Å²) in [6.45, 7) is 3.68. The molecule has 1 aromatic carbocycles. The number of rotatable bonds is 6. The summed E-state index contributed by atoms with van der Waals surface area (Å²) in [4.78, 5) is 14.3. The van der Waals surface area contributed by atoms with Gasteiger partial charge in [0.15, 0.2) is 0 Å². The van der Waals surface area contributed by atoms with Crippen LogP contribution in [0.5, 0.6) is 0 Å². The molecule has 1 amide bonds. The lowest BCUT2D eigenvalue weighted by molar-refractivity contribution is 0.0763. The molecule has 0 radical (unpaired) electrons. The van der Waals surface area contributed by atoms with Crippen LogP contribution in [0.2, 0.25) is 0 Å². The Kier molecular flexibility index (Phi) is 7.49. The molecule has 2 nitrogen and oxygen atoms in total. The van der Waals surface area contributed by atoms with Crippen LogP contribution < -0.4 is 0 Å². The standard InChI is InChI=1S/C13H16Br3NO/c1-2-3-7-17(8-6-14)13(18)11-5-4-10(15)9-12(11)16/h4-5,9H,2-3,6-8H2,1H3. The Hall–Kier alpha value is 0.130. The summed E-state index contributed by atoms with van der Waals surface area (Å²) in [5.41, 5.74) is 0.718. The predicted molar refractivity (Wildman–Crippen MR) is 86.4 cm³/mol. The van der Waals surface area contributed by atoms with E-state index in [-0.39, 0.29) is 5.91 Å². The van der Waals surface area contributed by atoms with E-state index in [0.29, 0.717) is 0 Å². The summed E-state index contributed by atoms with van der Waals surface area (Å²) in [6.07, 6.45) is 2.13. The minimum atomic E-state index is 0.0854.